The van der Waals surface area contributed by atoms with Crippen LogP contribution in [0, 0.1) is 6.92 Å². The van der Waals surface area contributed by atoms with Crippen LogP contribution in [0.4, 0.5) is 5.95 Å². The Labute approximate surface area is 60.3 Å². The third kappa shape index (κ3) is 1.36. The Hall–Kier alpha value is -0.700. The van der Waals surface area contributed by atoms with Gasteiger partial charge in [-0.2, -0.15) is 0 Å². The Bertz CT molecular complexity index is 175. The molecule has 1 rings (SSSR count). The fourth-order valence-corrected chi connectivity index (χ4v) is 0.513. The highest BCUT2D eigenvalue weighted by Gasteiger charge is 1.93. The molecular weight excluding hydrogens is 138 g/mol. The van der Waals surface area contributed by atoms with Crippen molar-refractivity contribution < 1.29 is 0 Å². The van der Waals surface area contributed by atoms with E-state index in [-0.39, 0.29) is 12.4 Å². The smallest absolute Gasteiger partial charge is 0.200 e. The van der Waals surface area contributed by atoms with Crippen molar-refractivity contribution in [2.75, 3.05) is 5.73 Å². The summed E-state index contributed by atoms with van der Waals surface area (Å²) in [6, 6.07) is 0. The minimum Gasteiger partial charge on any atom is -0.369 e. The molecule has 0 radical (unpaired) electrons. The lowest BCUT2D eigenvalue weighted by Gasteiger charge is -1.93. The molecule has 0 aliphatic carbocycles. The summed E-state index contributed by atoms with van der Waals surface area (Å²) in [6.07, 6.45) is 1.75. The molecule has 0 unspecified atom stereocenters. The average molecular weight is 148 g/mol. The van der Waals surface area contributed by atoms with Gasteiger partial charge in [-0.1, -0.05) is 0 Å². The Morgan fingerprint density at radius 1 is 1.67 bits per heavy atom. The maximum absolute atomic E-state index is 5.39. The van der Waals surface area contributed by atoms with Crippen molar-refractivity contribution in [2.24, 2.45) is 7.05 Å². The van der Waals surface area contributed by atoms with Crippen molar-refractivity contribution in [3.8, 4) is 0 Å². The third-order valence-corrected chi connectivity index (χ3v) is 1.26. The van der Waals surface area contributed by atoms with Crippen molar-refractivity contribution in [1.29, 1.82) is 0 Å². The highest BCUT2D eigenvalue weighted by molar-refractivity contribution is 5.85. The molecule has 0 fully saturated rings. The van der Waals surface area contributed by atoms with Crippen LogP contribution in [-0.4, -0.2) is 9.55 Å². The second-order valence-corrected chi connectivity index (χ2v) is 1.82. The first kappa shape index (κ1) is 8.30. The van der Waals surface area contributed by atoms with Crippen LogP contribution in [0.5, 0.6) is 0 Å². The van der Waals surface area contributed by atoms with Crippen LogP contribution in [0.15, 0.2) is 6.20 Å². The molecule has 4 heteroatoms. The van der Waals surface area contributed by atoms with Gasteiger partial charge < -0.3 is 10.3 Å². The molecule has 0 aromatic carbocycles. The number of rotatable bonds is 0. The van der Waals surface area contributed by atoms with Crippen LogP contribution < -0.4 is 5.73 Å². The van der Waals surface area contributed by atoms with E-state index in [1.165, 1.54) is 0 Å². The fraction of sp³-hybridized carbons (Fsp3) is 0.400. The molecule has 0 atom stereocenters. The van der Waals surface area contributed by atoms with Crippen LogP contribution in [0.25, 0.3) is 0 Å². The Balaban J connectivity index is 0.000000640. The maximum atomic E-state index is 5.39. The van der Waals surface area contributed by atoms with Crippen LogP contribution in [0.1, 0.15) is 5.69 Å². The third-order valence-electron chi connectivity index (χ3n) is 1.26. The highest BCUT2D eigenvalue weighted by atomic mass is 35.5. The SMILES string of the molecule is Cc1cnc(N)n1C.Cl. The summed E-state index contributed by atoms with van der Waals surface area (Å²) in [5.74, 6) is 0.572. The van der Waals surface area contributed by atoms with E-state index in [0.717, 1.165) is 5.69 Å². The second kappa shape index (κ2) is 2.73. The van der Waals surface area contributed by atoms with Crippen LogP contribution in [0.3, 0.4) is 0 Å². The largest absolute Gasteiger partial charge is 0.369 e. The van der Waals surface area contributed by atoms with Crippen molar-refractivity contribution in [2.45, 2.75) is 6.92 Å². The van der Waals surface area contributed by atoms with E-state index in [2.05, 4.69) is 4.98 Å². The van der Waals surface area contributed by atoms with Gasteiger partial charge in [-0.05, 0) is 6.92 Å². The van der Waals surface area contributed by atoms with Gasteiger partial charge in [0, 0.05) is 12.7 Å². The molecule has 9 heavy (non-hydrogen) atoms. The quantitative estimate of drug-likeness (QED) is 0.588. The molecule has 1 aromatic rings. The number of hydrogen-bond donors (Lipinski definition) is 1. The summed E-state index contributed by atoms with van der Waals surface area (Å²) >= 11 is 0. The first-order valence-electron chi connectivity index (χ1n) is 2.45. The standard InChI is InChI=1S/C5H9N3.ClH/c1-4-3-7-5(6)8(4)2;/h3H,1-2H3,(H2,6,7);1H. The molecule has 3 nitrogen and oxygen atoms in total. The van der Waals surface area contributed by atoms with Crippen LogP contribution in [0.2, 0.25) is 0 Å². The number of hydrogen-bond acceptors (Lipinski definition) is 2. The van der Waals surface area contributed by atoms with Gasteiger partial charge in [-0.25, -0.2) is 4.98 Å². The molecule has 52 valence electrons. The lowest BCUT2D eigenvalue weighted by Crippen LogP contribution is -1.97. The molecular formula is C5H10ClN3. The summed E-state index contributed by atoms with van der Waals surface area (Å²) < 4.78 is 1.83. The summed E-state index contributed by atoms with van der Waals surface area (Å²) in [4.78, 5) is 3.86. The minimum atomic E-state index is 0. The zero-order valence-corrected chi connectivity index (χ0v) is 6.27. The number of nitrogens with zero attached hydrogens (tertiary/aromatic N) is 2. The van der Waals surface area contributed by atoms with Gasteiger partial charge in [-0.3, -0.25) is 0 Å². The number of aromatic nitrogens is 2. The van der Waals surface area contributed by atoms with E-state index >= 15 is 0 Å². The predicted molar refractivity (Wildman–Crippen MR) is 39.6 cm³/mol. The predicted octanol–water partition coefficient (Wildman–Crippen LogP) is 0.733. The highest BCUT2D eigenvalue weighted by Crippen LogP contribution is 1.99. The topological polar surface area (TPSA) is 43.8 Å². The molecule has 2 N–H and O–H groups in total. The lowest BCUT2D eigenvalue weighted by atomic mass is 10.5. The number of nitrogens with two attached hydrogens (primary N) is 1. The maximum Gasteiger partial charge on any atom is 0.200 e. The van der Waals surface area contributed by atoms with Gasteiger partial charge in [0.25, 0.3) is 0 Å². The van der Waals surface area contributed by atoms with E-state index in [1.807, 2.05) is 18.5 Å². The second-order valence-electron chi connectivity index (χ2n) is 1.82. The van der Waals surface area contributed by atoms with E-state index in [0.29, 0.717) is 5.95 Å². The van der Waals surface area contributed by atoms with E-state index in [9.17, 15) is 0 Å². The zero-order valence-electron chi connectivity index (χ0n) is 5.46. The van der Waals surface area contributed by atoms with Crippen LogP contribution >= 0.6 is 12.4 Å². The van der Waals surface area contributed by atoms with Gasteiger partial charge in [0.2, 0.25) is 0 Å². The monoisotopic (exact) mass is 147 g/mol. The number of anilines is 1. The van der Waals surface area contributed by atoms with Gasteiger partial charge >= 0.3 is 0 Å². The Morgan fingerprint density at radius 2 is 2.22 bits per heavy atom. The summed E-state index contributed by atoms with van der Waals surface area (Å²) in [6.45, 7) is 1.96. The number of imidazole rings is 1. The Kier molecular flexibility index (Phi) is 2.52. The number of aryl methyl sites for hydroxylation is 1. The summed E-state index contributed by atoms with van der Waals surface area (Å²) in [5.41, 5.74) is 6.48. The zero-order chi connectivity index (χ0) is 6.15. The molecule has 0 saturated carbocycles. The molecule has 0 bridgehead atoms. The van der Waals surface area contributed by atoms with Crippen LogP contribution in [-0.2, 0) is 7.05 Å². The van der Waals surface area contributed by atoms with E-state index in [4.69, 9.17) is 5.73 Å². The molecule has 1 heterocycles. The molecule has 0 spiro atoms. The summed E-state index contributed by atoms with van der Waals surface area (Å²) in [7, 11) is 1.89. The molecule has 0 aliphatic heterocycles. The van der Waals surface area contributed by atoms with E-state index in [1.54, 1.807) is 6.20 Å². The first-order valence-corrected chi connectivity index (χ1v) is 2.45. The normalized spacial score (nSPS) is 8.67. The average Bonchev–Trinajstić information content (AvgIpc) is 1.98. The van der Waals surface area contributed by atoms with Gasteiger partial charge in [0.05, 0.1) is 6.20 Å². The van der Waals surface area contributed by atoms with Gasteiger partial charge in [0.15, 0.2) is 5.95 Å². The Morgan fingerprint density at radius 3 is 2.33 bits per heavy atom. The molecule has 1 aromatic heterocycles. The first-order chi connectivity index (χ1) is 3.72. The molecule has 0 amide bonds. The van der Waals surface area contributed by atoms with Crippen molar-refractivity contribution in [1.82, 2.24) is 9.55 Å². The van der Waals surface area contributed by atoms with E-state index < -0.39 is 0 Å². The van der Waals surface area contributed by atoms with Crippen molar-refractivity contribution in [3.63, 3.8) is 0 Å². The summed E-state index contributed by atoms with van der Waals surface area (Å²) in [5, 5.41) is 0. The van der Waals surface area contributed by atoms with Crippen molar-refractivity contribution in [3.05, 3.63) is 11.9 Å². The lowest BCUT2D eigenvalue weighted by molar-refractivity contribution is 0.888. The number of nitrogen functional groups attached to an aromatic ring is 1. The fourth-order valence-electron chi connectivity index (χ4n) is 0.513. The minimum absolute atomic E-state index is 0. The van der Waals surface area contributed by atoms with Crippen molar-refractivity contribution >= 4 is 18.4 Å². The number of halogens is 1. The van der Waals surface area contributed by atoms with Gasteiger partial charge in [-0.15, -0.1) is 12.4 Å². The molecule has 0 saturated heterocycles. The molecule has 0 aliphatic rings. The van der Waals surface area contributed by atoms with Gasteiger partial charge in [0.1, 0.15) is 0 Å².